The summed E-state index contributed by atoms with van der Waals surface area (Å²) in [6.45, 7) is 2.95. The minimum Gasteiger partial charge on any atom is -0.489 e. The number of nitrogens with one attached hydrogen (secondary N) is 1. The Balaban J connectivity index is 0.953. The highest BCUT2D eigenvalue weighted by molar-refractivity contribution is 6.05. The number of aliphatic hydroxyl groups excluding tert-OH is 1. The molecule has 4 aliphatic rings. The smallest absolute Gasteiger partial charge is 0.255 e. The van der Waals surface area contributed by atoms with Crippen molar-refractivity contribution in [2.24, 2.45) is 0 Å². The maximum atomic E-state index is 13.0. The first-order valence-electron chi connectivity index (χ1n) is 15.1. The van der Waals surface area contributed by atoms with Crippen molar-refractivity contribution < 1.29 is 24.2 Å². The molecule has 42 heavy (non-hydrogen) atoms. The van der Waals surface area contributed by atoms with Gasteiger partial charge in [-0.25, -0.2) is 0 Å². The molecule has 1 saturated carbocycles. The van der Waals surface area contributed by atoms with Gasteiger partial charge in [0.15, 0.2) is 0 Å². The molecule has 2 N–H and O–H groups in total. The van der Waals surface area contributed by atoms with Crippen molar-refractivity contribution in [3.05, 3.63) is 70.9 Å². The Morgan fingerprint density at radius 1 is 0.952 bits per heavy atom. The third-order valence-corrected chi connectivity index (χ3v) is 9.32. The second-order valence-corrected chi connectivity index (χ2v) is 12.3. The summed E-state index contributed by atoms with van der Waals surface area (Å²) >= 11 is 0. The number of piperidine rings is 1. The molecule has 218 valence electrons. The number of imide groups is 1. The van der Waals surface area contributed by atoms with E-state index < -0.39 is 11.9 Å². The number of ether oxygens (including phenoxy) is 1. The van der Waals surface area contributed by atoms with Crippen LogP contribution in [0, 0.1) is 0 Å². The van der Waals surface area contributed by atoms with E-state index >= 15 is 0 Å². The van der Waals surface area contributed by atoms with Crippen LogP contribution in [-0.4, -0.2) is 69.0 Å². The number of carbonyl (C=O) groups excluding carboxylic acids is 3. The number of aliphatic hydroxyl groups is 1. The number of likely N-dealkylation sites (tertiary alicyclic amines) is 1. The summed E-state index contributed by atoms with van der Waals surface area (Å²) in [4.78, 5) is 45.8. The molecule has 0 radical (unpaired) electrons. The molecule has 0 bridgehead atoms. The normalized spacial score (nSPS) is 26.5. The minimum absolute atomic E-state index is 0.0603. The van der Waals surface area contributed by atoms with Crippen molar-refractivity contribution in [3.63, 3.8) is 0 Å². The summed E-state index contributed by atoms with van der Waals surface area (Å²) in [5.41, 5.74) is 4.86. The highest BCUT2D eigenvalue weighted by Crippen LogP contribution is 2.34. The van der Waals surface area contributed by atoms with Gasteiger partial charge in [0.25, 0.3) is 5.91 Å². The van der Waals surface area contributed by atoms with E-state index in [1.165, 1.54) is 5.56 Å². The zero-order valence-electron chi connectivity index (χ0n) is 23.6. The molecule has 3 fully saturated rings. The molecule has 0 spiro atoms. The maximum absolute atomic E-state index is 13.0. The van der Waals surface area contributed by atoms with E-state index in [9.17, 15) is 19.5 Å². The van der Waals surface area contributed by atoms with Crippen molar-refractivity contribution in [3.8, 4) is 5.75 Å². The highest BCUT2D eigenvalue weighted by Gasteiger charge is 2.39. The Morgan fingerprint density at radius 3 is 2.64 bits per heavy atom. The quantitative estimate of drug-likeness (QED) is 0.437. The fraction of sp³-hybridized carbons (Fsp3) is 0.455. The van der Waals surface area contributed by atoms with Gasteiger partial charge in [0.2, 0.25) is 11.8 Å². The predicted molar refractivity (Wildman–Crippen MR) is 156 cm³/mol. The summed E-state index contributed by atoms with van der Waals surface area (Å²) in [6.07, 6.45) is 5.15. The fourth-order valence-electron chi connectivity index (χ4n) is 7.00. The molecule has 1 aromatic heterocycles. The van der Waals surface area contributed by atoms with Crippen LogP contribution in [0.4, 0.5) is 0 Å². The van der Waals surface area contributed by atoms with Crippen LogP contribution in [-0.2, 0) is 22.7 Å². The minimum atomic E-state index is -0.616. The first-order valence-corrected chi connectivity index (χ1v) is 15.1. The molecule has 3 amide bonds. The van der Waals surface area contributed by atoms with E-state index in [1.807, 2.05) is 12.1 Å². The van der Waals surface area contributed by atoms with Crippen LogP contribution in [0.25, 0.3) is 10.9 Å². The molecule has 7 rings (SSSR count). The van der Waals surface area contributed by atoms with Gasteiger partial charge < -0.3 is 14.7 Å². The Morgan fingerprint density at radius 2 is 1.81 bits per heavy atom. The van der Waals surface area contributed by atoms with Gasteiger partial charge in [0.05, 0.1) is 11.6 Å². The zero-order chi connectivity index (χ0) is 28.8. The molecule has 2 saturated heterocycles. The summed E-state index contributed by atoms with van der Waals surface area (Å²) in [5, 5.41) is 13.3. The van der Waals surface area contributed by atoms with Gasteiger partial charge >= 0.3 is 0 Å². The number of hydrogen-bond donors (Lipinski definition) is 2. The largest absolute Gasteiger partial charge is 0.489 e. The molecule has 9 nitrogen and oxygen atoms in total. The lowest BCUT2D eigenvalue weighted by Crippen LogP contribution is -2.52. The summed E-state index contributed by atoms with van der Waals surface area (Å²) < 4.78 is 6.35. The number of hydrogen-bond acceptors (Lipinski definition) is 7. The summed E-state index contributed by atoms with van der Waals surface area (Å²) in [5.74, 6) is 0.315. The van der Waals surface area contributed by atoms with Crippen molar-refractivity contribution >= 4 is 28.6 Å². The number of nitrogens with zero attached hydrogens (tertiary/aromatic N) is 3. The number of amides is 3. The Bertz CT molecular complexity index is 1550. The van der Waals surface area contributed by atoms with Gasteiger partial charge in [0.1, 0.15) is 17.9 Å². The molecule has 2 aromatic carbocycles. The standard InChI is InChI=1S/C33H36N4O5/c38-24-5-2-21(3-6-24)28-10-4-22-15-20(1-9-29(22)34-28)17-36-14-13-26(19-36)42-25-7-8-27-23(16-25)18-37(33(27)41)30-11-12-31(39)35-32(30)40/h1,4,7-10,15-16,21,24,26,30,38H,2-3,5-6,11-14,17-19H2,(H,35,39,40)/t21?,24?,26-,30-/m0/s1. The van der Waals surface area contributed by atoms with Gasteiger partial charge in [-0.3, -0.25) is 29.6 Å². The van der Waals surface area contributed by atoms with Gasteiger partial charge in [-0.2, -0.15) is 0 Å². The van der Waals surface area contributed by atoms with Crippen LogP contribution in [0.5, 0.6) is 5.75 Å². The lowest BCUT2D eigenvalue weighted by molar-refractivity contribution is -0.136. The number of fused-ring (bicyclic) bond motifs is 2. The number of carbonyl (C=O) groups is 3. The lowest BCUT2D eigenvalue weighted by Gasteiger charge is -2.29. The predicted octanol–water partition coefficient (Wildman–Crippen LogP) is 3.67. The monoisotopic (exact) mass is 568 g/mol. The van der Waals surface area contributed by atoms with Crippen LogP contribution in [0.2, 0.25) is 0 Å². The number of rotatable bonds is 6. The summed E-state index contributed by atoms with van der Waals surface area (Å²) in [7, 11) is 0. The Hall–Kier alpha value is -3.82. The van der Waals surface area contributed by atoms with E-state index in [-0.39, 0.29) is 30.4 Å². The van der Waals surface area contributed by atoms with Crippen LogP contribution in [0.1, 0.15) is 78.0 Å². The van der Waals surface area contributed by atoms with Crippen LogP contribution in [0.15, 0.2) is 48.5 Å². The second kappa shape index (κ2) is 11.1. The topological polar surface area (TPSA) is 112 Å². The van der Waals surface area contributed by atoms with Gasteiger partial charge in [-0.05, 0) is 86.1 Å². The van der Waals surface area contributed by atoms with Gasteiger partial charge in [0, 0.05) is 55.2 Å². The van der Waals surface area contributed by atoms with E-state index in [1.54, 1.807) is 11.0 Å². The first-order chi connectivity index (χ1) is 20.4. The first kappa shape index (κ1) is 27.0. The molecule has 4 heterocycles. The number of benzene rings is 2. The van der Waals surface area contributed by atoms with E-state index in [2.05, 4.69) is 40.5 Å². The zero-order valence-corrected chi connectivity index (χ0v) is 23.6. The third kappa shape index (κ3) is 5.39. The van der Waals surface area contributed by atoms with Crippen molar-refractivity contribution in [1.29, 1.82) is 0 Å². The average Bonchev–Trinajstić information content (AvgIpc) is 3.56. The molecular formula is C33H36N4O5. The maximum Gasteiger partial charge on any atom is 0.255 e. The van der Waals surface area contributed by atoms with Crippen LogP contribution >= 0.6 is 0 Å². The SMILES string of the molecule is O=C1CC[C@H](N2Cc3cc(O[C@H]4CCN(Cc5ccc6nc(C7CCC(O)CC7)ccc6c5)C4)ccc3C2=O)C(=O)N1. The van der Waals surface area contributed by atoms with E-state index in [0.29, 0.717) is 24.4 Å². The van der Waals surface area contributed by atoms with Crippen molar-refractivity contribution in [2.45, 2.75) is 82.2 Å². The number of aromatic nitrogens is 1. The molecule has 9 heteroatoms. The van der Waals surface area contributed by atoms with E-state index in [4.69, 9.17) is 9.72 Å². The number of pyridine rings is 1. The molecular weight excluding hydrogens is 532 g/mol. The van der Waals surface area contributed by atoms with Gasteiger partial charge in [-0.15, -0.1) is 0 Å². The van der Waals surface area contributed by atoms with Crippen molar-refractivity contribution in [1.82, 2.24) is 20.1 Å². The fourth-order valence-corrected chi connectivity index (χ4v) is 7.00. The Kier molecular flexibility index (Phi) is 7.15. The molecule has 0 unspecified atom stereocenters. The molecule has 2 atom stereocenters. The van der Waals surface area contributed by atoms with Gasteiger partial charge in [-0.1, -0.05) is 12.1 Å². The van der Waals surface area contributed by atoms with E-state index in [0.717, 1.165) is 79.6 Å². The molecule has 1 aliphatic carbocycles. The summed E-state index contributed by atoms with van der Waals surface area (Å²) in [6, 6.07) is 15.8. The van der Waals surface area contributed by atoms with Crippen LogP contribution < -0.4 is 10.1 Å². The second-order valence-electron chi connectivity index (χ2n) is 12.3. The highest BCUT2D eigenvalue weighted by atomic mass is 16.5. The third-order valence-electron chi connectivity index (χ3n) is 9.32. The molecule has 3 aliphatic heterocycles. The van der Waals surface area contributed by atoms with Crippen molar-refractivity contribution in [2.75, 3.05) is 13.1 Å². The Labute approximate surface area is 244 Å². The molecule has 3 aromatic rings. The lowest BCUT2D eigenvalue weighted by atomic mass is 9.85. The average molecular weight is 569 g/mol. The van der Waals surface area contributed by atoms with Crippen LogP contribution in [0.3, 0.4) is 0 Å².